The van der Waals surface area contributed by atoms with Crippen LogP contribution in [0, 0.1) is 0 Å². The van der Waals surface area contributed by atoms with Gasteiger partial charge in [-0.25, -0.2) is 4.79 Å². The van der Waals surface area contributed by atoms with E-state index in [9.17, 15) is 22.4 Å². The fourth-order valence-electron chi connectivity index (χ4n) is 2.55. The molecule has 1 fully saturated rings. The van der Waals surface area contributed by atoms with E-state index in [0.29, 0.717) is 31.9 Å². The second-order valence-electron chi connectivity index (χ2n) is 6.87. The van der Waals surface area contributed by atoms with E-state index >= 15 is 0 Å². The van der Waals surface area contributed by atoms with Crippen LogP contribution in [0.1, 0.15) is 20.8 Å². The normalized spacial score (nSPS) is 15.3. The molecule has 0 aliphatic carbocycles. The van der Waals surface area contributed by atoms with E-state index in [0.717, 1.165) is 6.07 Å². The topological polar surface area (TPSA) is 51.2 Å². The summed E-state index contributed by atoms with van der Waals surface area (Å²) in [6, 6.07) is 3.60. The monoisotopic (exact) mass is 394 g/mol. The predicted molar refractivity (Wildman–Crippen MR) is 89.7 cm³/mol. The molecule has 0 unspecified atom stereocenters. The van der Waals surface area contributed by atoms with Crippen LogP contribution >= 0.6 is 0 Å². The molecule has 1 amide bonds. The molecule has 1 aliphatic heterocycles. The number of rotatable bonds is 5. The van der Waals surface area contributed by atoms with Crippen molar-refractivity contribution in [2.75, 3.05) is 31.1 Å². The Balaban J connectivity index is 2.08. The molecule has 27 heavy (non-hydrogen) atoms. The summed E-state index contributed by atoms with van der Waals surface area (Å²) in [5.74, 6) is -0.569. The van der Waals surface area contributed by atoms with Crippen molar-refractivity contribution in [3.8, 4) is 11.5 Å². The van der Waals surface area contributed by atoms with E-state index in [1.54, 1.807) is 25.7 Å². The van der Waals surface area contributed by atoms with E-state index in [-0.39, 0.29) is 11.5 Å². The van der Waals surface area contributed by atoms with Gasteiger partial charge in [0, 0.05) is 50.1 Å². The van der Waals surface area contributed by atoms with Crippen LogP contribution in [-0.4, -0.2) is 56.0 Å². The molecule has 6 nitrogen and oxygen atoms in total. The number of amides is 1. The quantitative estimate of drug-likeness (QED) is 0.708. The first-order chi connectivity index (χ1) is 12.5. The maximum absolute atomic E-state index is 12.5. The lowest BCUT2D eigenvalue weighted by Crippen LogP contribution is -2.50. The molecular weight excluding hydrogens is 372 g/mol. The van der Waals surface area contributed by atoms with Crippen LogP contribution in [-0.2, 0) is 4.74 Å². The van der Waals surface area contributed by atoms with Gasteiger partial charge in [0.15, 0.2) is 0 Å². The first-order valence-electron chi connectivity index (χ1n) is 8.31. The molecule has 0 saturated carbocycles. The maximum atomic E-state index is 12.5. The van der Waals surface area contributed by atoms with E-state index in [1.807, 2.05) is 0 Å². The molecule has 0 spiro atoms. The van der Waals surface area contributed by atoms with Gasteiger partial charge in [0.25, 0.3) is 0 Å². The van der Waals surface area contributed by atoms with Crippen LogP contribution < -0.4 is 14.4 Å². The molecule has 1 aromatic rings. The summed E-state index contributed by atoms with van der Waals surface area (Å²) in [6.07, 6.45) is -0.446. The van der Waals surface area contributed by atoms with Crippen molar-refractivity contribution in [1.29, 1.82) is 0 Å². The van der Waals surface area contributed by atoms with Gasteiger partial charge in [-0.2, -0.15) is 17.6 Å². The van der Waals surface area contributed by atoms with E-state index in [4.69, 9.17) is 4.74 Å². The van der Waals surface area contributed by atoms with Crippen LogP contribution in [0.2, 0.25) is 0 Å². The fourth-order valence-corrected chi connectivity index (χ4v) is 2.55. The minimum absolute atomic E-state index is 0.285. The van der Waals surface area contributed by atoms with Gasteiger partial charge in [0.05, 0.1) is 0 Å². The lowest BCUT2D eigenvalue weighted by Gasteiger charge is -2.37. The Morgan fingerprint density at radius 3 is 1.81 bits per heavy atom. The summed E-state index contributed by atoms with van der Waals surface area (Å²) in [7, 11) is 0. The van der Waals surface area contributed by atoms with E-state index < -0.39 is 24.9 Å². The van der Waals surface area contributed by atoms with Gasteiger partial charge in [-0.05, 0) is 20.8 Å². The standard InChI is InChI=1S/C17H22F4N2O4/c1-17(2,3)27-16(24)23-6-4-22(5-7-23)11-8-12(25-14(18)19)10-13(9-11)26-15(20)21/h8-10,14-15H,4-7H2,1-3H3. The number of piperazine rings is 1. The highest BCUT2D eigenvalue weighted by molar-refractivity contribution is 5.68. The third-order valence-electron chi connectivity index (χ3n) is 3.61. The summed E-state index contributed by atoms with van der Waals surface area (Å²) in [5, 5.41) is 0. The third kappa shape index (κ3) is 6.69. The number of carbonyl (C=O) groups is 1. The second-order valence-corrected chi connectivity index (χ2v) is 6.87. The van der Waals surface area contributed by atoms with E-state index in [2.05, 4.69) is 9.47 Å². The Hall–Kier alpha value is -2.39. The lowest BCUT2D eigenvalue weighted by molar-refractivity contribution is -0.0542. The minimum atomic E-state index is -3.09. The smallest absolute Gasteiger partial charge is 0.410 e. The number of benzene rings is 1. The van der Waals surface area contributed by atoms with Crippen molar-refractivity contribution >= 4 is 11.8 Å². The first kappa shape index (κ1) is 20.9. The second kappa shape index (κ2) is 8.53. The molecule has 1 aromatic carbocycles. The number of alkyl halides is 4. The molecule has 1 heterocycles. The van der Waals surface area contributed by atoms with Gasteiger partial charge in [0.2, 0.25) is 0 Å². The Labute approximate surface area is 154 Å². The van der Waals surface area contributed by atoms with Gasteiger partial charge >= 0.3 is 19.3 Å². The van der Waals surface area contributed by atoms with Crippen molar-refractivity contribution in [2.24, 2.45) is 0 Å². The van der Waals surface area contributed by atoms with Crippen molar-refractivity contribution in [3.63, 3.8) is 0 Å². The number of nitrogens with zero attached hydrogens (tertiary/aromatic N) is 2. The van der Waals surface area contributed by atoms with Crippen molar-refractivity contribution in [3.05, 3.63) is 18.2 Å². The summed E-state index contributed by atoms with van der Waals surface area (Å²) < 4.78 is 63.9. The van der Waals surface area contributed by atoms with Gasteiger partial charge in [0.1, 0.15) is 17.1 Å². The number of hydrogen-bond acceptors (Lipinski definition) is 5. The van der Waals surface area contributed by atoms with Gasteiger partial charge in [-0.3, -0.25) is 0 Å². The molecule has 152 valence electrons. The Kier molecular flexibility index (Phi) is 6.61. The predicted octanol–water partition coefficient (Wildman–Crippen LogP) is 3.95. The number of ether oxygens (including phenoxy) is 3. The number of hydrogen-bond donors (Lipinski definition) is 0. The Bertz CT molecular complexity index is 616. The highest BCUT2D eigenvalue weighted by Crippen LogP contribution is 2.31. The molecule has 1 aliphatic rings. The third-order valence-corrected chi connectivity index (χ3v) is 3.61. The molecule has 2 rings (SSSR count). The Morgan fingerprint density at radius 2 is 1.41 bits per heavy atom. The van der Waals surface area contributed by atoms with Crippen molar-refractivity contribution < 1.29 is 36.6 Å². The summed E-state index contributed by atoms with van der Waals surface area (Å²) in [4.78, 5) is 15.4. The van der Waals surface area contributed by atoms with Crippen LogP contribution in [0.25, 0.3) is 0 Å². The zero-order valence-corrected chi connectivity index (χ0v) is 15.3. The molecule has 0 aromatic heterocycles. The Morgan fingerprint density at radius 1 is 0.926 bits per heavy atom. The van der Waals surface area contributed by atoms with Crippen LogP contribution in [0.15, 0.2) is 18.2 Å². The zero-order chi connectivity index (χ0) is 20.2. The van der Waals surface area contributed by atoms with E-state index in [1.165, 1.54) is 17.0 Å². The molecule has 0 N–H and O–H groups in total. The molecule has 0 atom stereocenters. The molecule has 1 saturated heterocycles. The fraction of sp³-hybridized carbons (Fsp3) is 0.588. The zero-order valence-electron chi connectivity index (χ0n) is 15.3. The largest absolute Gasteiger partial charge is 0.444 e. The van der Waals surface area contributed by atoms with Gasteiger partial charge in [-0.1, -0.05) is 0 Å². The van der Waals surface area contributed by atoms with Crippen molar-refractivity contribution in [1.82, 2.24) is 4.90 Å². The summed E-state index contributed by atoms with van der Waals surface area (Å²) in [5.41, 5.74) is -0.232. The highest BCUT2D eigenvalue weighted by Gasteiger charge is 2.26. The molecule has 10 heteroatoms. The van der Waals surface area contributed by atoms with Gasteiger partial charge in [-0.15, -0.1) is 0 Å². The molecular formula is C17H22F4N2O4. The van der Waals surface area contributed by atoms with Crippen LogP contribution in [0.5, 0.6) is 11.5 Å². The molecule has 0 radical (unpaired) electrons. The minimum Gasteiger partial charge on any atom is -0.444 e. The molecule has 0 bridgehead atoms. The highest BCUT2D eigenvalue weighted by atomic mass is 19.3. The maximum Gasteiger partial charge on any atom is 0.410 e. The summed E-state index contributed by atoms with van der Waals surface area (Å²) >= 11 is 0. The number of anilines is 1. The lowest BCUT2D eigenvalue weighted by atomic mass is 10.2. The van der Waals surface area contributed by atoms with Crippen molar-refractivity contribution in [2.45, 2.75) is 39.6 Å². The average Bonchev–Trinajstić information content (AvgIpc) is 2.52. The first-order valence-corrected chi connectivity index (χ1v) is 8.31. The SMILES string of the molecule is CC(C)(C)OC(=O)N1CCN(c2cc(OC(F)F)cc(OC(F)F)c2)CC1. The van der Waals surface area contributed by atoms with Crippen LogP contribution in [0.4, 0.5) is 28.0 Å². The number of halogens is 4. The number of carbonyl (C=O) groups excluding carboxylic acids is 1. The van der Waals surface area contributed by atoms with Gasteiger partial charge < -0.3 is 24.0 Å². The summed E-state index contributed by atoms with van der Waals surface area (Å²) in [6.45, 7) is 0.504. The average molecular weight is 394 g/mol. The van der Waals surface area contributed by atoms with Crippen LogP contribution in [0.3, 0.4) is 0 Å².